The van der Waals surface area contributed by atoms with E-state index in [2.05, 4.69) is 26.3 Å². The number of rotatable bonds is 11. The normalized spacial score (nSPS) is 23.2. The average molecular weight is 552 g/mol. The van der Waals surface area contributed by atoms with Gasteiger partial charge in [-0.25, -0.2) is 0 Å². The van der Waals surface area contributed by atoms with Crippen LogP contribution in [0.1, 0.15) is 81.1 Å². The number of Topliss-reactive ketones (excluding diaryl/α,β-unsaturated/α-hetero) is 1. The molecule has 2 aliphatic carbocycles. The second-order valence-corrected chi connectivity index (χ2v) is 11.7. The zero-order valence-corrected chi connectivity index (χ0v) is 22.9. The molecule has 1 unspecified atom stereocenters. The predicted octanol–water partition coefficient (Wildman–Crippen LogP) is 2.28. The molecule has 1 aliphatic heterocycles. The third-order valence-corrected chi connectivity index (χ3v) is 8.84. The Kier molecular flexibility index (Phi) is 9.16. The molecule has 5 rings (SSSR count). The Morgan fingerprint density at radius 2 is 1.68 bits per heavy atom. The lowest BCUT2D eigenvalue weighted by Gasteiger charge is -2.31. The molecule has 10 nitrogen and oxygen atoms in total. The van der Waals surface area contributed by atoms with Crippen LogP contribution in [0.5, 0.6) is 0 Å². The quantitative estimate of drug-likeness (QED) is 0.236. The van der Waals surface area contributed by atoms with Gasteiger partial charge < -0.3 is 26.0 Å². The van der Waals surface area contributed by atoms with Crippen LogP contribution >= 0.6 is 0 Å². The molecule has 40 heavy (non-hydrogen) atoms. The third-order valence-electron chi connectivity index (χ3n) is 8.84. The number of ketones is 1. The van der Waals surface area contributed by atoms with E-state index < -0.39 is 41.8 Å². The molecule has 2 heterocycles. The number of carbonyl (C=O) groups excluding carboxylic acids is 4. The monoisotopic (exact) mass is 551 g/mol. The van der Waals surface area contributed by atoms with Crippen LogP contribution in [0.4, 0.5) is 0 Å². The van der Waals surface area contributed by atoms with Gasteiger partial charge in [0.2, 0.25) is 11.7 Å². The van der Waals surface area contributed by atoms with E-state index in [-0.39, 0.29) is 18.4 Å². The summed E-state index contributed by atoms with van der Waals surface area (Å²) in [5.74, 6) is -2.26. The Bertz CT molecular complexity index is 1190. The van der Waals surface area contributed by atoms with Crippen LogP contribution in [0.25, 0.3) is 10.9 Å². The highest BCUT2D eigenvalue weighted by Crippen LogP contribution is 2.31. The summed E-state index contributed by atoms with van der Waals surface area (Å²) in [6, 6.07) is 7.32. The Morgan fingerprint density at radius 1 is 0.900 bits per heavy atom. The summed E-state index contributed by atoms with van der Waals surface area (Å²) in [5.41, 5.74) is 1.18. The number of H-pyrrole nitrogens is 1. The topological polar surface area (TPSA) is 152 Å². The molecule has 1 aromatic heterocycles. The van der Waals surface area contributed by atoms with Crippen molar-refractivity contribution in [2.24, 2.45) is 11.8 Å². The van der Waals surface area contributed by atoms with Crippen LogP contribution in [0.2, 0.25) is 0 Å². The van der Waals surface area contributed by atoms with Gasteiger partial charge in [0.05, 0.1) is 6.04 Å². The summed E-state index contributed by atoms with van der Waals surface area (Å²) < 4.78 is 0. The van der Waals surface area contributed by atoms with Crippen LogP contribution in [0, 0.1) is 11.8 Å². The fraction of sp³-hybridized carbons (Fsp3) is 0.600. The molecule has 2 saturated carbocycles. The molecular weight excluding hydrogens is 510 g/mol. The van der Waals surface area contributed by atoms with Crippen molar-refractivity contribution in [3.05, 3.63) is 36.0 Å². The fourth-order valence-corrected chi connectivity index (χ4v) is 6.18. The lowest BCUT2D eigenvalue weighted by molar-refractivity contribution is -0.141. The number of benzene rings is 1. The number of aromatic amines is 1. The molecule has 4 atom stereocenters. The maximum atomic E-state index is 13.6. The van der Waals surface area contributed by atoms with Crippen LogP contribution < -0.4 is 21.3 Å². The SMILES string of the molecule is O=C(NC1CCCCC1)C(=O)[C@H](C[C@@H]1CCNC1O)NC(=O)[C@H](CC1CCC1)NC(=O)c1cc2ccccc2[nH]1. The lowest BCUT2D eigenvalue weighted by atomic mass is 9.80. The van der Waals surface area contributed by atoms with Gasteiger partial charge in [0.1, 0.15) is 18.0 Å². The number of carbonyl (C=O) groups is 4. The Labute approximate surface area is 234 Å². The number of nitrogens with one attached hydrogen (secondary N) is 5. The second-order valence-electron chi connectivity index (χ2n) is 11.7. The molecule has 216 valence electrons. The van der Waals surface area contributed by atoms with Gasteiger partial charge in [-0.3, -0.25) is 24.5 Å². The first kappa shape index (κ1) is 28.3. The molecule has 10 heteroatoms. The van der Waals surface area contributed by atoms with Gasteiger partial charge in [-0.2, -0.15) is 0 Å². The lowest BCUT2D eigenvalue weighted by Crippen LogP contribution is -2.56. The van der Waals surface area contributed by atoms with Gasteiger partial charge in [-0.05, 0) is 56.7 Å². The zero-order chi connectivity index (χ0) is 28.1. The molecule has 1 saturated heterocycles. The minimum absolute atomic E-state index is 0.0396. The third kappa shape index (κ3) is 6.90. The first-order valence-electron chi connectivity index (χ1n) is 14.8. The number of fused-ring (bicyclic) bond motifs is 1. The van der Waals surface area contributed by atoms with Gasteiger partial charge in [-0.1, -0.05) is 56.7 Å². The number of hydrogen-bond acceptors (Lipinski definition) is 6. The van der Waals surface area contributed by atoms with Crippen LogP contribution in [-0.2, 0) is 14.4 Å². The molecule has 1 aromatic carbocycles. The first-order valence-corrected chi connectivity index (χ1v) is 14.8. The van der Waals surface area contributed by atoms with Gasteiger partial charge >= 0.3 is 0 Å². The molecule has 3 fully saturated rings. The van der Waals surface area contributed by atoms with E-state index in [1.807, 2.05) is 24.3 Å². The number of amides is 3. The van der Waals surface area contributed by atoms with Crippen LogP contribution in [0.3, 0.4) is 0 Å². The van der Waals surface area contributed by atoms with Crippen LogP contribution in [0.15, 0.2) is 30.3 Å². The van der Waals surface area contributed by atoms with Crippen molar-refractivity contribution in [3.63, 3.8) is 0 Å². The standard InChI is InChI=1S/C30H41N5O5/c36-26(30(40)32-21-10-2-1-3-11-21)23(17-20-13-14-31-27(20)37)34-28(38)24(15-18-7-6-8-18)35-29(39)25-16-19-9-4-5-12-22(19)33-25/h4-5,9,12,16,18,20-21,23-24,27,31,33,37H,1-3,6-8,10-11,13-15,17H2,(H,32,40)(H,34,38)(H,35,39)/t20-,23-,24-,27?/m0/s1. The highest BCUT2D eigenvalue weighted by molar-refractivity contribution is 6.38. The number of aromatic nitrogens is 1. The summed E-state index contributed by atoms with van der Waals surface area (Å²) in [6.45, 7) is 0.597. The van der Waals surface area contributed by atoms with Crippen molar-refractivity contribution in [2.75, 3.05) is 6.54 Å². The summed E-state index contributed by atoms with van der Waals surface area (Å²) in [4.78, 5) is 56.3. The van der Waals surface area contributed by atoms with Gasteiger partial charge in [0.15, 0.2) is 0 Å². The molecule has 3 aliphatic rings. The molecule has 0 radical (unpaired) electrons. The van der Waals surface area contributed by atoms with Crippen molar-refractivity contribution in [2.45, 2.75) is 95.0 Å². The van der Waals surface area contributed by atoms with Crippen molar-refractivity contribution >= 4 is 34.4 Å². The van der Waals surface area contributed by atoms with Crippen LogP contribution in [-0.4, -0.2) is 64.5 Å². The van der Waals surface area contributed by atoms with E-state index >= 15 is 0 Å². The summed E-state index contributed by atoms with van der Waals surface area (Å²) in [6.07, 6.45) is 8.31. The molecule has 0 bridgehead atoms. The Hall–Kier alpha value is -3.24. The average Bonchev–Trinajstić information content (AvgIpc) is 3.55. The van der Waals surface area contributed by atoms with E-state index in [1.165, 1.54) is 0 Å². The minimum Gasteiger partial charge on any atom is -0.378 e. The van der Waals surface area contributed by atoms with E-state index in [0.29, 0.717) is 31.0 Å². The van der Waals surface area contributed by atoms with Crippen molar-refractivity contribution in [1.82, 2.24) is 26.3 Å². The predicted molar refractivity (Wildman–Crippen MR) is 150 cm³/mol. The zero-order valence-electron chi connectivity index (χ0n) is 22.9. The minimum atomic E-state index is -1.09. The number of para-hydroxylation sites is 1. The highest BCUT2D eigenvalue weighted by atomic mass is 16.3. The largest absolute Gasteiger partial charge is 0.378 e. The maximum Gasteiger partial charge on any atom is 0.289 e. The maximum absolute atomic E-state index is 13.6. The van der Waals surface area contributed by atoms with Crippen molar-refractivity contribution in [3.8, 4) is 0 Å². The van der Waals surface area contributed by atoms with Gasteiger partial charge in [-0.15, -0.1) is 0 Å². The summed E-state index contributed by atoms with van der Waals surface area (Å²) in [5, 5.41) is 22.7. The Balaban J connectivity index is 1.30. The van der Waals surface area contributed by atoms with E-state index in [1.54, 1.807) is 6.07 Å². The number of hydrogen-bond donors (Lipinski definition) is 6. The van der Waals surface area contributed by atoms with Crippen molar-refractivity contribution in [1.29, 1.82) is 0 Å². The first-order chi connectivity index (χ1) is 19.4. The Morgan fingerprint density at radius 3 is 2.35 bits per heavy atom. The van der Waals surface area contributed by atoms with Gasteiger partial charge in [0.25, 0.3) is 11.8 Å². The molecule has 6 N–H and O–H groups in total. The number of aliphatic hydroxyl groups is 1. The van der Waals surface area contributed by atoms with E-state index in [4.69, 9.17) is 0 Å². The van der Waals surface area contributed by atoms with E-state index in [0.717, 1.165) is 62.3 Å². The van der Waals surface area contributed by atoms with Gasteiger partial charge in [0, 0.05) is 22.9 Å². The summed E-state index contributed by atoms with van der Waals surface area (Å²) in [7, 11) is 0. The smallest absolute Gasteiger partial charge is 0.289 e. The fourth-order valence-electron chi connectivity index (χ4n) is 6.18. The second kappa shape index (κ2) is 13.0. The van der Waals surface area contributed by atoms with Crippen molar-refractivity contribution < 1.29 is 24.3 Å². The number of aliphatic hydroxyl groups excluding tert-OH is 1. The summed E-state index contributed by atoms with van der Waals surface area (Å²) >= 11 is 0. The molecule has 3 amide bonds. The molecule has 2 aromatic rings. The molecule has 0 spiro atoms. The van der Waals surface area contributed by atoms with E-state index in [9.17, 15) is 24.3 Å². The molecular formula is C30H41N5O5. The highest BCUT2D eigenvalue weighted by Gasteiger charge is 2.37.